The predicted octanol–water partition coefficient (Wildman–Crippen LogP) is 4.97. The second-order valence-electron chi connectivity index (χ2n) is 8.98. The Morgan fingerprint density at radius 3 is 2.31 bits per heavy atom. The molecule has 2 aromatic heterocycles. The highest BCUT2D eigenvalue weighted by molar-refractivity contribution is 5.73. The van der Waals surface area contributed by atoms with Crippen molar-refractivity contribution in [2.45, 2.75) is 45.6 Å². The number of aromatic hydroxyl groups is 1. The summed E-state index contributed by atoms with van der Waals surface area (Å²) in [5.74, 6) is 2.92. The third-order valence-electron chi connectivity index (χ3n) is 6.48. The van der Waals surface area contributed by atoms with Gasteiger partial charge in [-0.1, -0.05) is 32.8 Å². The Hall–Kier alpha value is -3.22. The zero-order valence-electron chi connectivity index (χ0n) is 19.2. The van der Waals surface area contributed by atoms with Crippen LogP contribution in [0.2, 0.25) is 0 Å². The molecule has 2 heterocycles. The molecule has 0 aliphatic heterocycles. The van der Waals surface area contributed by atoms with Crippen LogP contribution in [0.15, 0.2) is 42.7 Å². The van der Waals surface area contributed by atoms with Gasteiger partial charge in [0.2, 0.25) is 5.88 Å². The molecule has 168 valence electrons. The quantitative estimate of drug-likeness (QED) is 0.569. The van der Waals surface area contributed by atoms with Gasteiger partial charge in [-0.25, -0.2) is 9.97 Å². The smallest absolute Gasteiger partial charge is 0.216 e. The molecule has 1 unspecified atom stereocenters. The minimum Gasteiger partial charge on any atom is -0.507 e. The van der Waals surface area contributed by atoms with Crippen molar-refractivity contribution in [3.63, 3.8) is 0 Å². The Balaban J connectivity index is 1.53. The van der Waals surface area contributed by atoms with Crippen LogP contribution in [-0.4, -0.2) is 45.5 Å². The first-order valence-corrected chi connectivity index (χ1v) is 11.2. The van der Waals surface area contributed by atoms with E-state index in [1.807, 2.05) is 24.3 Å². The number of nitrogens with zero attached hydrogens (tertiary/aromatic N) is 5. The van der Waals surface area contributed by atoms with Gasteiger partial charge in [-0.05, 0) is 48.9 Å². The number of aromatic nitrogens is 4. The molecule has 1 aliphatic rings. The summed E-state index contributed by atoms with van der Waals surface area (Å²) < 4.78 is 5.16. The molecule has 32 heavy (non-hydrogen) atoms. The molecular weight excluding hydrogens is 402 g/mol. The van der Waals surface area contributed by atoms with Crippen molar-refractivity contribution in [3.05, 3.63) is 42.7 Å². The standard InChI is InChI=1S/C25H31N5O2/c1-16-5-6-17(2)12-19(11-16)30(3)24-10-9-21(28-29-24)20-8-7-18(13-23(20)31)22-14-25(32-4)27-15-26-22/h7-10,13-17,19,31H,5-6,11-12H2,1-4H3/t16-,17+,19?. The number of anilines is 1. The van der Waals surface area contributed by atoms with Crippen LogP contribution in [0.4, 0.5) is 5.82 Å². The first kappa shape index (κ1) is 22.0. The third kappa shape index (κ3) is 4.82. The van der Waals surface area contributed by atoms with Crippen LogP contribution in [0.25, 0.3) is 22.5 Å². The van der Waals surface area contributed by atoms with Crippen LogP contribution in [0, 0.1) is 11.8 Å². The summed E-state index contributed by atoms with van der Waals surface area (Å²) in [5.41, 5.74) is 2.71. The fourth-order valence-corrected chi connectivity index (χ4v) is 4.51. The number of methoxy groups -OCH3 is 1. The second kappa shape index (κ2) is 9.51. The van der Waals surface area contributed by atoms with E-state index in [-0.39, 0.29) is 5.75 Å². The molecule has 3 atom stereocenters. The summed E-state index contributed by atoms with van der Waals surface area (Å²) in [5, 5.41) is 19.6. The third-order valence-corrected chi connectivity index (χ3v) is 6.48. The molecular formula is C25H31N5O2. The fourth-order valence-electron chi connectivity index (χ4n) is 4.51. The number of hydrogen-bond donors (Lipinski definition) is 1. The first-order chi connectivity index (χ1) is 15.4. The minimum atomic E-state index is 0.127. The topological polar surface area (TPSA) is 84.3 Å². The van der Waals surface area contributed by atoms with Crippen LogP contribution in [0.5, 0.6) is 11.6 Å². The molecule has 1 aromatic carbocycles. The van der Waals surface area contributed by atoms with Gasteiger partial charge in [0.1, 0.15) is 12.1 Å². The average Bonchev–Trinajstić information content (AvgIpc) is 2.99. The Kier molecular flexibility index (Phi) is 6.53. The number of phenolic OH excluding ortho intramolecular Hbond substituents is 1. The van der Waals surface area contributed by atoms with Gasteiger partial charge in [-0.15, -0.1) is 10.2 Å². The Morgan fingerprint density at radius 1 is 0.938 bits per heavy atom. The summed E-state index contributed by atoms with van der Waals surface area (Å²) >= 11 is 0. The number of ether oxygens (including phenoxy) is 1. The van der Waals surface area contributed by atoms with Crippen molar-refractivity contribution in [2.75, 3.05) is 19.1 Å². The van der Waals surface area contributed by atoms with Crippen molar-refractivity contribution in [1.82, 2.24) is 20.2 Å². The zero-order chi connectivity index (χ0) is 22.7. The van der Waals surface area contributed by atoms with E-state index in [1.54, 1.807) is 19.2 Å². The van der Waals surface area contributed by atoms with E-state index in [2.05, 4.69) is 46.0 Å². The van der Waals surface area contributed by atoms with Gasteiger partial charge in [0.25, 0.3) is 0 Å². The molecule has 1 saturated carbocycles. The van der Waals surface area contributed by atoms with Crippen LogP contribution >= 0.6 is 0 Å². The number of benzene rings is 1. The van der Waals surface area contributed by atoms with Gasteiger partial charge >= 0.3 is 0 Å². The highest BCUT2D eigenvalue weighted by Crippen LogP contribution is 2.34. The van der Waals surface area contributed by atoms with Crippen LogP contribution in [0.1, 0.15) is 39.5 Å². The molecule has 1 N–H and O–H groups in total. The Morgan fingerprint density at radius 2 is 1.69 bits per heavy atom. The summed E-state index contributed by atoms with van der Waals surface area (Å²) in [6, 6.07) is 11.5. The van der Waals surface area contributed by atoms with Crippen molar-refractivity contribution in [2.24, 2.45) is 11.8 Å². The monoisotopic (exact) mass is 433 g/mol. The maximum atomic E-state index is 10.7. The van der Waals surface area contributed by atoms with Crippen LogP contribution in [0.3, 0.4) is 0 Å². The number of phenols is 1. The van der Waals surface area contributed by atoms with E-state index in [0.717, 1.165) is 23.2 Å². The number of rotatable bonds is 5. The van der Waals surface area contributed by atoms with Crippen molar-refractivity contribution in [1.29, 1.82) is 0 Å². The number of hydrogen-bond acceptors (Lipinski definition) is 7. The van der Waals surface area contributed by atoms with Gasteiger partial charge in [0, 0.05) is 30.3 Å². The fraction of sp³-hybridized carbons (Fsp3) is 0.440. The van der Waals surface area contributed by atoms with E-state index >= 15 is 0 Å². The van der Waals surface area contributed by atoms with Crippen molar-refractivity contribution in [3.8, 4) is 34.1 Å². The molecule has 1 fully saturated rings. The van der Waals surface area contributed by atoms with E-state index in [4.69, 9.17) is 4.74 Å². The van der Waals surface area contributed by atoms with Crippen LogP contribution in [-0.2, 0) is 0 Å². The summed E-state index contributed by atoms with van der Waals surface area (Å²) in [6.07, 6.45) is 6.40. The largest absolute Gasteiger partial charge is 0.507 e. The molecule has 3 aromatic rings. The predicted molar refractivity (Wildman–Crippen MR) is 126 cm³/mol. The maximum Gasteiger partial charge on any atom is 0.216 e. The molecule has 7 nitrogen and oxygen atoms in total. The lowest BCUT2D eigenvalue weighted by Crippen LogP contribution is -2.34. The molecule has 7 heteroatoms. The van der Waals surface area contributed by atoms with Crippen molar-refractivity contribution < 1.29 is 9.84 Å². The minimum absolute atomic E-state index is 0.127. The molecule has 0 amide bonds. The van der Waals surface area contributed by atoms with Crippen molar-refractivity contribution >= 4 is 5.82 Å². The van der Waals surface area contributed by atoms with E-state index < -0.39 is 0 Å². The van der Waals surface area contributed by atoms with E-state index in [1.165, 1.54) is 32.0 Å². The first-order valence-electron chi connectivity index (χ1n) is 11.2. The van der Waals surface area contributed by atoms with Gasteiger partial charge in [0.15, 0.2) is 5.82 Å². The average molecular weight is 434 g/mol. The summed E-state index contributed by atoms with van der Waals surface area (Å²) in [6.45, 7) is 4.69. The molecule has 0 bridgehead atoms. The molecule has 0 radical (unpaired) electrons. The highest BCUT2D eigenvalue weighted by Gasteiger charge is 2.25. The van der Waals surface area contributed by atoms with E-state index in [0.29, 0.717) is 28.9 Å². The summed E-state index contributed by atoms with van der Waals surface area (Å²) in [4.78, 5) is 10.5. The lowest BCUT2D eigenvalue weighted by Gasteiger charge is -2.30. The normalized spacial score (nSPS) is 21.1. The molecule has 0 spiro atoms. The molecule has 0 saturated heterocycles. The maximum absolute atomic E-state index is 10.7. The lowest BCUT2D eigenvalue weighted by molar-refractivity contribution is 0.397. The highest BCUT2D eigenvalue weighted by atomic mass is 16.5. The Labute approximate surface area is 189 Å². The summed E-state index contributed by atoms with van der Waals surface area (Å²) in [7, 11) is 3.67. The lowest BCUT2D eigenvalue weighted by atomic mass is 9.98. The van der Waals surface area contributed by atoms with Gasteiger partial charge in [0.05, 0.1) is 18.5 Å². The molecule has 1 aliphatic carbocycles. The zero-order valence-corrected chi connectivity index (χ0v) is 19.2. The van der Waals surface area contributed by atoms with Gasteiger partial charge in [-0.2, -0.15) is 0 Å². The Bertz CT molecular complexity index is 1040. The SMILES string of the molecule is COc1cc(-c2ccc(-c3ccc(N(C)C4C[C@H](C)CC[C@H](C)C4)nn3)c(O)c2)ncn1. The van der Waals surface area contributed by atoms with E-state index in [9.17, 15) is 5.11 Å². The van der Waals surface area contributed by atoms with Gasteiger partial charge in [-0.3, -0.25) is 0 Å². The van der Waals surface area contributed by atoms with Crippen LogP contribution < -0.4 is 9.64 Å². The molecule has 4 rings (SSSR count). The second-order valence-corrected chi connectivity index (χ2v) is 8.98. The van der Waals surface area contributed by atoms with Gasteiger partial charge < -0.3 is 14.7 Å².